The van der Waals surface area contributed by atoms with Crippen LogP contribution in [0.5, 0.6) is 0 Å². The minimum absolute atomic E-state index is 0.0502. The van der Waals surface area contributed by atoms with E-state index in [1.54, 1.807) is 11.3 Å². The summed E-state index contributed by atoms with van der Waals surface area (Å²) in [4.78, 5) is 16.1. The van der Waals surface area contributed by atoms with E-state index < -0.39 is 5.60 Å². The topological polar surface area (TPSA) is 29.5 Å². The van der Waals surface area contributed by atoms with Crippen molar-refractivity contribution in [1.29, 1.82) is 0 Å². The number of thiophene rings is 1. The summed E-state index contributed by atoms with van der Waals surface area (Å²) in [6, 6.07) is 4.25. The minimum Gasteiger partial charge on any atom is -0.361 e. The summed E-state index contributed by atoms with van der Waals surface area (Å²) in [5, 5.41) is 2.11. The van der Waals surface area contributed by atoms with Crippen molar-refractivity contribution >= 4 is 17.1 Å². The average Bonchev–Trinajstić information content (AvgIpc) is 2.88. The Morgan fingerprint density at radius 1 is 1.35 bits per heavy atom. The molecule has 0 aromatic carbocycles. The van der Waals surface area contributed by atoms with Gasteiger partial charge in [-0.25, -0.2) is 0 Å². The zero-order valence-corrected chi connectivity index (χ0v) is 13.9. The molecule has 2 heterocycles. The molecular formula is C16H25NO2S. The van der Waals surface area contributed by atoms with E-state index in [0.29, 0.717) is 0 Å². The van der Waals surface area contributed by atoms with Crippen LogP contribution < -0.4 is 0 Å². The van der Waals surface area contributed by atoms with Gasteiger partial charge in [0.2, 0.25) is 0 Å². The van der Waals surface area contributed by atoms with Gasteiger partial charge in [-0.1, -0.05) is 6.07 Å². The van der Waals surface area contributed by atoms with Gasteiger partial charge in [0.05, 0.1) is 11.5 Å². The maximum absolute atomic E-state index is 12.5. The number of nitrogens with zero attached hydrogens (tertiary/aromatic N) is 1. The second kappa shape index (κ2) is 5.58. The van der Waals surface area contributed by atoms with Gasteiger partial charge >= 0.3 is 0 Å². The number of Topliss-reactive ketones (excluding diaryl/α,β-unsaturated/α-hetero) is 1. The van der Waals surface area contributed by atoms with Gasteiger partial charge in [-0.3, -0.25) is 4.79 Å². The van der Waals surface area contributed by atoms with Gasteiger partial charge in [0.15, 0.2) is 5.78 Å². The maximum Gasteiger partial charge on any atom is 0.171 e. The van der Waals surface area contributed by atoms with Crippen molar-refractivity contribution in [3.63, 3.8) is 0 Å². The molecule has 1 saturated heterocycles. The number of hydrogen-bond acceptors (Lipinski definition) is 4. The number of carbonyl (C=O) groups is 1. The lowest BCUT2D eigenvalue weighted by Gasteiger charge is -2.28. The van der Waals surface area contributed by atoms with E-state index in [0.717, 1.165) is 19.5 Å². The van der Waals surface area contributed by atoms with Crippen LogP contribution in [-0.2, 0) is 16.0 Å². The van der Waals surface area contributed by atoms with E-state index in [1.165, 1.54) is 4.88 Å². The van der Waals surface area contributed by atoms with Crippen molar-refractivity contribution in [2.24, 2.45) is 5.92 Å². The number of ether oxygens (including phenoxy) is 1. The van der Waals surface area contributed by atoms with E-state index in [9.17, 15) is 4.79 Å². The molecule has 2 rings (SSSR count). The van der Waals surface area contributed by atoms with Crippen LogP contribution in [0.4, 0.5) is 0 Å². The molecule has 20 heavy (non-hydrogen) atoms. The van der Waals surface area contributed by atoms with E-state index in [-0.39, 0.29) is 17.3 Å². The van der Waals surface area contributed by atoms with Crippen LogP contribution in [0.1, 0.15) is 32.6 Å². The van der Waals surface area contributed by atoms with E-state index in [4.69, 9.17) is 4.74 Å². The molecular weight excluding hydrogens is 270 g/mol. The number of rotatable bonds is 5. The summed E-state index contributed by atoms with van der Waals surface area (Å²) < 4.78 is 5.94. The van der Waals surface area contributed by atoms with Gasteiger partial charge in [0, 0.05) is 18.0 Å². The Balaban J connectivity index is 1.93. The summed E-state index contributed by atoms with van der Waals surface area (Å²) in [7, 11) is 2.09. The molecule has 4 heteroatoms. The third-order valence-corrected chi connectivity index (χ3v) is 5.02. The first-order valence-electron chi connectivity index (χ1n) is 7.18. The standard InChI is InChI=1S/C16H25NO2S/c1-15(2)13(14(18)16(3,4)19-15)11-17(5)9-8-12-7-6-10-20-12/h6-7,10,13H,8-9,11H2,1-5H3. The molecule has 0 bridgehead atoms. The zero-order chi connectivity index (χ0) is 15.0. The fourth-order valence-electron chi connectivity index (χ4n) is 2.98. The van der Waals surface area contributed by atoms with Crippen molar-refractivity contribution in [1.82, 2.24) is 4.90 Å². The highest BCUT2D eigenvalue weighted by molar-refractivity contribution is 7.09. The fraction of sp³-hybridized carbons (Fsp3) is 0.688. The molecule has 3 nitrogen and oxygen atoms in total. The summed E-state index contributed by atoms with van der Waals surface area (Å²) >= 11 is 1.79. The van der Waals surface area contributed by atoms with Crippen LogP contribution in [0.3, 0.4) is 0 Å². The molecule has 0 aliphatic carbocycles. The normalized spacial score (nSPS) is 24.5. The highest BCUT2D eigenvalue weighted by Crippen LogP contribution is 2.39. The van der Waals surface area contributed by atoms with Crippen molar-refractivity contribution in [2.45, 2.75) is 45.3 Å². The zero-order valence-electron chi connectivity index (χ0n) is 13.1. The maximum atomic E-state index is 12.5. The SMILES string of the molecule is CN(CCc1cccs1)CC1C(=O)C(C)(C)OC1(C)C. The van der Waals surface area contributed by atoms with Gasteiger partial charge in [0.25, 0.3) is 0 Å². The van der Waals surface area contributed by atoms with Crippen molar-refractivity contribution in [2.75, 3.05) is 20.1 Å². The molecule has 1 aliphatic rings. The molecule has 0 spiro atoms. The van der Waals surface area contributed by atoms with Crippen molar-refractivity contribution in [3.8, 4) is 0 Å². The highest BCUT2D eigenvalue weighted by Gasteiger charge is 2.53. The van der Waals surface area contributed by atoms with Crippen LogP contribution in [0.2, 0.25) is 0 Å². The predicted molar refractivity (Wildman–Crippen MR) is 83.3 cm³/mol. The first kappa shape index (κ1) is 15.7. The van der Waals surface area contributed by atoms with E-state index >= 15 is 0 Å². The second-order valence-electron chi connectivity index (χ2n) is 6.72. The number of hydrogen-bond donors (Lipinski definition) is 0. The fourth-order valence-corrected chi connectivity index (χ4v) is 3.67. The lowest BCUT2D eigenvalue weighted by Crippen LogP contribution is -2.40. The Morgan fingerprint density at radius 2 is 2.05 bits per heavy atom. The Morgan fingerprint density at radius 3 is 2.55 bits per heavy atom. The van der Waals surface area contributed by atoms with Crippen LogP contribution in [0, 0.1) is 5.92 Å². The van der Waals surface area contributed by atoms with Crippen LogP contribution in [0.15, 0.2) is 17.5 Å². The molecule has 0 saturated carbocycles. The molecule has 1 atom stereocenters. The van der Waals surface area contributed by atoms with Gasteiger partial charge < -0.3 is 9.64 Å². The minimum atomic E-state index is -0.650. The average molecular weight is 295 g/mol. The lowest BCUT2D eigenvalue weighted by molar-refractivity contribution is -0.132. The Hall–Kier alpha value is -0.710. The predicted octanol–water partition coefficient (Wildman–Crippen LogP) is 3.00. The highest BCUT2D eigenvalue weighted by atomic mass is 32.1. The summed E-state index contributed by atoms with van der Waals surface area (Å²) in [6.07, 6.45) is 1.04. The molecule has 112 valence electrons. The Labute approximate surface area is 125 Å². The second-order valence-corrected chi connectivity index (χ2v) is 7.76. The third kappa shape index (κ3) is 3.30. The molecule has 0 radical (unpaired) electrons. The largest absolute Gasteiger partial charge is 0.361 e. The third-order valence-electron chi connectivity index (χ3n) is 4.08. The first-order chi connectivity index (χ1) is 9.22. The summed E-state index contributed by atoms with van der Waals surface area (Å²) in [6.45, 7) is 9.54. The first-order valence-corrected chi connectivity index (χ1v) is 8.06. The van der Waals surface area contributed by atoms with Gasteiger partial charge in [0.1, 0.15) is 5.60 Å². The Kier molecular flexibility index (Phi) is 4.38. The summed E-state index contributed by atoms with van der Waals surface area (Å²) in [5.74, 6) is 0.177. The lowest BCUT2D eigenvalue weighted by atomic mass is 9.85. The van der Waals surface area contributed by atoms with Gasteiger partial charge in [-0.15, -0.1) is 11.3 Å². The van der Waals surface area contributed by atoms with Crippen LogP contribution in [-0.4, -0.2) is 42.0 Å². The quantitative estimate of drug-likeness (QED) is 0.836. The van der Waals surface area contributed by atoms with Crippen LogP contribution in [0.25, 0.3) is 0 Å². The number of ketones is 1. The number of likely N-dealkylation sites (N-methyl/N-ethyl adjacent to an activating group) is 1. The molecule has 1 aliphatic heterocycles. The van der Waals surface area contributed by atoms with Crippen LogP contribution >= 0.6 is 11.3 Å². The Bertz CT molecular complexity index is 465. The van der Waals surface area contributed by atoms with Crippen molar-refractivity contribution < 1.29 is 9.53 Å². The molecule has 1 unspecified atom stereocenters. The van der Waals surface area contributed by atoms with E-state index in [1.807, 2.05) is 27.7 Å². The van der Waals surface area contributed by atoms with Gasteiger partial charge in [-0.2, -0.15) is 0 Å². The van der Waals surface area contributed by atoms with Gasteiger partial charge in [-0.05, 0) is 52.6 Å². The molecule has 0 N–H and O–H groups in total. The smallest absolute Gasteiger partial charge is 0.171 e. The molecule has 0 amide bonds. The van der Waals surface area contributed by atoms with Crippen molar-refractivity contribution in [3.05, 3.63) is 22.4 Å². The molecule has 1 fully saturated rings. The molecule has 1 aromatic rings. The summed E-state index contributed by atoms with van der Waals surface area (Å²) in [5.41, 5.74) is -1.03. The monoisotopic (exact) mass is 295 g/mol. The van der Waals surface area contributed by atoms with E-state index in [2.05, 4.69) is 29.5 Å². The molecule has 1 aromatic heterocycles. The number of carbonyl (C=O) groups excluding carboxylic acids is 1.